The van der Waals surface area contributed by atoms with Gasteiger partial charge in [0.25, 0.3) is 5.56 Å². The molecule has 5 nitrogen and oxygen atoms in total. The molecule has 1 aromatic heterocycles. The van der Waals surface area contributed by atoms with Crippen molar-refractivity contribution in [1.82, 2.24) is 15.1 Å². The topological polar surface area (TPSA) is 50.2 Å². The molecule has 1 saturated heterocycles. The molecule has 0 amide bonds. The van der Waals surface area contributed by atoms with Crippen LogP contribution in [-0.2, 0) is 0 Å². The lowest BCUT2D eigenvalue weighted by molar-refractivity contribution is 0.283. The van der Waals surface area contributed by atoms with Crippen molar-refractivity contribution in [3.63, 3.8) is 0 Å². The molecular formula is C21H26Cl3FN4O. The molecule has 4 rings (SSSR count). The molecule has 0 spiro atoms. The zero-order valence-electron chi connectivity index (χ0n) is 16.6. The molecule has 164 valence electrons. The third-order valence-electron chi connectivity index (χ3n) is 6.13. The first kappa shape index (κ1) is 23.3. The summed E-state index contributed by atoms with van der Waals surface area (Å²) in [7, 11) is 0. The maximum atomic E-state index is 13.4. The molecular weight excluding hydrogens is 450 g/mol. The Morgan fingerprint density at radius 1 is 1.13 bits per heavy atom. The summed E-state index contributed by atoms with van der Waals surface area (Å²) >= 11 is 11.9. The number of hydrogen-bond acceptors (Lipinski definition) is 4. The number of rotatable bonds is 5. The van der Waals surface area contributed by atoms with Gasteiger partial charge in [-0.25, -0.2) is 9.07 Å². The number of halogens is 4. The van der Waals surface area contributed by atoms with Crippen LogP contribution in [0.1, 0.15) is 38.1 Å². The molecule has 2 aliphatic rings. The predicted molar refractivity (Wildman–Crippen MR) is 122 cm³/mol. The van der Waals surface area contributed by atoms with Crippen molar-refractivity contribution in [2.45, 2.75) is 44.2 Å². The lowest BCUT2D eigenvalue weighted by Gasteiger charge is -2.39. The molecule has 1 atom stereocenters. The number of nitrogens with one attached hydrogen (secondary N) is 1. The van der Waals surface area contributed by atoms with Crippen molar-refractivity contribution in [3.8, 4) is 0 Å². The van der Waals surface area contributed by atoms with Crippen molar-refractivity contribution in [3.05, 3.63) is 56.7 Å². The van der Waals surface area contributed by atoms with Crippen molar-refractivity contribution < 1.29 is 4.39 Å². The summed E-state index contributed by atoms with van der Waals surface area (Å²) in [5, 5.41) is 7.86. The highest BCUT2D eigenvalue weighted by molar-refractivity contribution is 6.41. The zero-order valence-corrected chi connectivity index (χ0v) is 18.9. The van der Waals surface area contributed by atoms with Crippen molar-refractivity contribution in [2.75, 3.05) is 24.5 Å². The molecule has 30 heavy (non-hydrogen) atoms. The van der Waals surface area contributed by atoms with E-state index in [0.717, 1.165) is 57.4 Å². The Labute approximate surface area is 192 Å². The quantitative estimate of drug-likeness (QED) is 0.680. The van der Waals surface area contributed by atoms with Crippen LogP contribution in [0, 0.1) is 11.7 Å². The smallest absolute Gasteiger partial charge is 0.287 e. The van der Waals surface area contributed by atoms with Crippen LogP contribution in [0.4, 0.5) is 10.1 Å². The van der Waals surface area contributed by atoms with E-state index in [4.69, 9.17) is 23.2 Å². The van der Waals surface area contributed by atoms with E-state index in [1.165, 1.54) is 23.0 Å². The second kappa shape index (κ2) is 10.3. The number of aromatic nitrogens is 2. The lowest BCUT2D eigenvalue weighted by Crippen LogP contribution is -2.43. The molecule has 0 bridgehead atoms. The highest BCUT2D eigenvalue weighted by atomic mass is 35.5. The molecule has 2 fully saturated rings. The van der Waals surface area contributed by atoms with Crippen LogP contribution in [0.15, 0.2) is 35.3 Å². The van der Waals surface area contributed by atoms with E-state index in [2.05, 4.69) is 15.3 Å². The molecule has 2 heterocycles. The van der Waals surface area contributed by atoms with Crippen LogP contribution in [-0.4, -0.2) is 35.5 Å². The molecule has 1 unspecified atom stereocenters. The summed E-state index contributed by atoms with van der Waals surface area (Å²) in [6.07, 6.45) is 6.17. The number of benzene rings is 1. The Balaban J connectivity index is 0.00000256. The van der Waals surface area contributed by atoms with E-state index < -0.39 is 0 Å². The van der Waals surface area contributed by atoms with Gasteiger partial charge in [-0.2, -0.15) is 5.10 Å². The van der Waals surface area contributed by atoms with Crippen molar-refractivity contribution in [2.24, 2.45) is 5.92 Å². The van der Waals surface area contributed by atoms with E-state index in [0.29, 0.717) is 12.0 Å². The van der Waals surface area contributed by atoms with Crippen LogP contribution in [0.3, 0.4) is 0 Å². The molecule has 1 aliphatic heterocycles. The van der Waals surface area contributed by atoms with Crippen LogP contribution in [0.25, 0.3) is 0 Å². The first-order valence-corrected chi connectivity index (χ1v) is 10.9. The average Bonchev–Trinajstić information content (AvgIpc) is 3.25. The molecule has 2 aromatic rings. The fraction of sp³-hybridized carbons (Fsp3) is 0.524. The van der Waals surface area contributed by atoms with Gasteiger partial charge in [-0.3, -0.25) is 4.79 Å². The average molecular weight is 476 g/mol. The Bertz CT molecular complexity index is 894. The third kappa shape index (κ3) is 5.10. The maximum absolute atomic E-state index is 13.4. The number of hydrogen-bond donors (Lipinski definition) is 1. The van der Waals surface area contributed by atoms with E-state index in [-0.39, 0.29) is 39.9 Å². The summed E-state index contributed by atoms with van der Waals surface area (Å²) in [6, 6.07) is 7.18. The fourth-order valence-corrected chi connectivity index (χ4v) is 4.81. The van der Waals surface area contributed by atoms with E-state index in [9.17, 15) is 9.18 Å². The van der Waals surface area contributed by atoms with Gasteiger partial charge in [0.1, 0.15) is 10.8 Å². The van der Waals surface area contributed by atoms with Crippen molar-refractivity contribution >= 4 is 41.3 Å². The molecule has 1 aromatic carbocycles. The second-order valence-corrected chi connectivity index (χ2v) is 8.79. The van der Waals surface area contributed by atoms with Gasteiger partial charge < -0.3 is 10.2 Å². The molecule has 1 aliphatic carbocycles. The first-order valence-electron chi connectivity index (χ1n) is 10.2. The van der Waals surface area contributed by atoms with Gasteiger partial charge in [0.2, 0.25) is 0 Å². The summed E-state index contributed by atoms with van der Waals surface area (Å²) in [4.78, 5) is 14.8. The SMILES string of the molecule is Cl.O=c1c(Cl)c(Cl)cnn1C1CCC(N(CC2CCNC2)c2ccc(F)cc2)CC1. The van der Waals surface area contributed by atoms with Crippen molar-refractivity contribution in [1.29, 1.82) is 0 Å². The summed E-state index contributed by atoms with van der Waals surface area (Å²) in [6.45, 7) is 3.04. The van der Waals surface area contributed by atoms with Gasteiger partial charge in [0.15, 0.2) is 0 Å². The first-order chi connectivity index (χ1) is 14.0. The molecule has 1 N–H and O–H groups in total. The van der Waals surface area contributed by atoms with E-state index in [1.54, 1.807) is 0 Å². The zero-order chi connectivity index (χ0) is 20.4. The Morgan fingerprint density at radius 3 is 2.47 bits per heavy atom. The highest BCUT2D eigenvalue weighted by Crippen LogP contribution is 2.34. The largest absolute Gasteiger partial charge is 0.368 e. The third-order valence-corrected chi connectivity index (χ3v) is 6.88. The molecule has 1 saturated carbocycles. The summed E-state index contributed by atoms with van der Waals surface area (Å²) in [5.41, 5.74) is 0.738. The predicted octanol–water partition coefficient (Wildman–Crippen LogP) is 4.71. The number of nitrogens with zero attached hydrogens (tertiary/aromatic N) is 3. The van der Waals surface area contributed by atoms with Gasteiger partial charge in [-0.15, -0.1) is 12.4 Å². The fourth-order valence-electron chi connectivity index (χ4n) is 4.55. The van der Waals surface area contributed by atoms with Crippen LogP contribution in [0.5, 0.6) is 0 Å². The highest BCUT2D eigenvalue weighted by Gasteiger charge is 2.30. The normalized spacial score (nSPS) is 23.8. The van der Waals surface area contributed by atoms with Crippen LogP contribution < -0.4 is 15.8 Å². The molecule has 9 heteroatoms. The van der Waals surface area contributed by atoms with Gasteiger partial charge in [0.05, 0.1) is 17.3 Å². The Hall–Kier alpha value is -1.34. The van der Waals surface area contributed by atoms with Gasteiger partial charge in [0, 0.05) is 18.3 Å². The number of anilines is 1. The minimum Gasteiger partial charge on any atom is -0.368 e. The summed E-state index contributed by atoms with van der Waals surface area (Å²) in [5.74, 6) is 0.377. The maximum Gasteiger partial charge on any atom is 0.287 e. The standard InChI is InChI=1S/C21H25Cl2FN4O.ClH/c22-19-12-26-28(21(29)20(19)23)18-7-5-17(6-8-18)27(13-14-9-10-25-11-14)16-3-1-15(24)2-4-16;/h1-4,12,14,17-18,25H,5-11,13H2;1H. The van der Waals surface area contributed by atoms with E-state index >= 15 is 0 Å². The van der Waals surface area contributed by atoms with Crippen LogP contribution in [0.2, 0.25) is 10.0 Å². The minimum absolute atomic E-state index is 0. The van der Waals surface area contributed by atoms with Crippen LogP contribution >= 0.6 is 35.6 Å². The Kier molecular flexibility index (Phi) is 8.02. The summed E-state index contributed by atoms with van der Waals surface area (Å²) < 4.78 is 14.9. The molecule has 0 radical (unpaired) electrons. The van der Waals surface area contributed by atoms with Gasteiger partial charge >= 0.3 is 0 Å². The van der Waals surface area contributed by atoms with Gasteiger partial charge in [-0.1, -0.05) is 23.2 Å². The minimum atomic E-state index is -0.324. The van der Waals surface area contributed by atoms with E-state index in [1.807, 2.05) is 12.1 Å². The monoisotopic (exact) mass is 474 g/mol. The second-order valence-electron chi connectivity index (χ2n) is 8.01. The lowest BCUT2D eigenvalue weighted by atomic mass is 9.89. The Morgan fingerprint density at radius 2 is 1.83 bits per heavy atom. The van der Waals surface area contributed by atoms with Gasteiger partial charge in [-0.05, 0) is 75.4 Å².